The summed E-state index contributed by atoms with van der Waals surface area (Å²) in [7, 11) is 0. The zero-order chi connectivity index (χ0) is 21.1. The summed E-state index contributed by atoms with van der Waals surface area (Å²) in [6.07, 6.45) is 7.36. The van der Waals surface area contributed by atoms with Crippen molar-refractivity contribution in [1.29, 1.82) is 0 Å². The molecule has 0 bridgehead atoms. The van der Waals surface area contributed by atoms with Crippen molar-refractivity contribution in [2.24, 2.45) is 0 Å². The molecule has 0 unspecified atom stereocenters. The summed E-state index contributed by atoms with van der Waals surface area (Å²) >= 11 is 0. The van der Waals surface area contributed by atoms with E-state index < -0.39 is 0 Å². The normalized spacial score (nSPS) is 11.8. The zero-order valence-electron chi connectivity index (χ0n) is 17.1. The molecule has 150 valence electrons. The quantitative estimate of drug-likeness (QED) is 0.347. The van der Waals surface area contributed by atoms with Gasteiger partial charge in [0.25, 0.3) is 0 Å². The Hall–Kier alpha value is -4.51. The van der Waals surface area contributed by atoms with E-state index in [9.17, 15) is 0 Å². The van der Waals surface area contributed by atoms with Crippen LogP contribution in [0.2, 0.25) is 0 Å². The highest BCUT2D eigenvalue weighted by Gasteiger charge is 2.19. The molecule has 7 rings (SSSR count). The molecule has 7 aromatic rings. The molecule has 2 aromatic carbocycles. The van der Waals surface area contributed by atoms with Gasteiger partial charge in [0.15, 0.2) is 0 Å². The van der Waals surface area contributed by atoms with Gasteiger partial charge in [0, 0.05) is 33.9 Å². The van der Waals surface area contributed by atoms with E-state index in [1.807, 2.05) is 24.5 Å². The monoisotopic (exact) mass is 411 g/mol. The number of benzene rings is 2. The van der Waals surface area contributed by atoms with Crippen molar-refractivity contribution in [3.63, 3.8) is 0 Å². The SMILES string of the molecule is c1cncc(-n2c3ccccc3c3cc4c5ccccc5n(-c5cccnc5)c4nc32)c1. The van der Waals surface area contributed by atoms with Crippen molar-refractivity contribution in [3.8, 4) is 11.4 Å². The van der Waals surface area contributed by atoms with Crippen LogP contribution in [0.5, 0.6) is 0 Å². The molecule has 0 fully saturated rings. The largest absolute Gasteiger partial charge is 0.292 e. The Bertz CT molecular complexity index is 1630. The third kappa shape index (κ3) is 2.30. The third-order valence-corrected chi connectivity index (χ3v) is 6.08. The van der Waals surface area contributed by atoms with Gasteiger partial charge in [-0.15, -0.1) is 0 Å². The van der Waals surface area contributed by atoms with Gasteiger partial charge < -0.3 is 0 Å². The first-order valence-corrected chi connectivity index (χ1v) is 10.5. The summed E-state index contributed by atoms with van der Waals surface area (Å²) in [5.74, 6) is 0. The predicted octanol–water partition coefficient (Wildman–Crippen LogP) is 6.07. The van der Waals surface area contributed by atoms with Crippen LogP contribution in [0.25, 0.3) is 55.2 Å². The lowest BCUT2D eigenvalue weighted by Crippen LogP contribution is -1.99. The smallest absolute Gasteiger partial charge is 0.148 e. The molecular formula is C27H17N5. The minimum absolute atomic E-state index is 0.916. The molecule has 5 nitrogen and oxygen atoms in total. The summed E-state index contributed by atoms with van der Waals surface area (Å²) in [5.41, 5.74) is 6.06. The van der Waals surface area contributed by atoms with Crippen molar-refractivity contribution in [2.75, 3.05) is 0 Å². The second kappa shape index (κ2) is 6.49. The number of hydrogen-bond donors (Lipinski definition) is 0. The Morgan fingerprint density at radius 3 is 1.47 bits per heavy atom. The molecule has 0 aliphatic rings. The molecule has 0 aliphatic heterocycles. The molecule has 0 N–H and O–H groups in total. The highest BCUT2D eigenvalue weighted by atomic mass is 15.1. The molecule has 0 atom stereocenters. The average molecular weight is 411 g/mol. The van der Waals surface area contributed by atoms with Crippen LogP contribution in [-0.4, -0.2) is 24.1 Å². The van der Waals surface area contributed by atoms with Gasteiger partial charge in [0.2, 0.25) is 0 Å². The van der Waals surface area contributed by atoms with Crippen molar-refractivity contribution in [3.05, 3.63) is 104 Å². The molecule has 0 saturated heterocycles. The second-order valence-electron chi connectivity index (χ2n) is 7.86. The van der Waals surface area contributed by atoms with Crippen LogP contribution in [0.1, 0.15) is 0 Å². The molecule has 0 aliphatic carbocycles. The van der Waals surface area contributed by atoms with Crippen molar-refractivity contribution in [2.45, 2.75) is 0 Å². The molecule has 0 amide bonds. The first kappa shape index (κ1) is 17.2. The second-order valence-corrected chi connectivity index (χ2v) is 7.86. The molecule has 5 aromatic heterocycles. The highest BCUT2D eigenvalue weighted by Crippen LogP contribution is 2.37. The number of nitrogens with zero attached hydrogens (tertiary/aromatic N) is 5. The van der Waals surface area contributed by atoms with Crippen LogP contribution in [0.3, 0.4) is 0 Å². The number of rotatable bonds is 2. The molecule has 5 heterocycles. The number of fused-ring (bicyclic) bond motifs is 6. The van der Waals surface area contributed by atoms with Crippen molar-refractivity contribution >= 4 is 43.9 Å². The number of aromatic nitrogens is 5. The predicted molar refractivity (Wildman–Crippen MR) is 129 cm³/mol. The first-order valence-electron chi connectivity index (χ1n) is 10.5. The van der Waals surface area contributed by atoms with E-state index in [-0.39, 0.29) is 0 Å². The van der Waals surface area contributed by atoms with Crippen LogP contribution < -0.4 is 0 Å². The van der Waals surface area contributed by atoms with E-state index in [1.165, 1.54) is 10.8 Å². The highest BCUT2D eigenvalue weighted by molar-refractivity contribution is 6.16. The average Bonchev–Trinajstić information content (AvgIpc) is 3.36. The van der Waals surface area contributed by atoms with Crippen LogP contribution in [0, 0.1) is 0 Å². The Kier molecular flexibility index (Phi) is 3.49. The van der Waals surface area contributed by atoms with Gasteiger partial charge in [0.1, 0.15) is 11.3 Å². The molecule has 0 saturated carbocycles. The zero-order valence-corrected chi connectivity index (χ0v) is 17.1. The van der Waals surface area contributed by atoms with E-state index in [0.717, 1.165) is 44.5 Å². The number of hydrogen-bond acceptors (Lipinski definition) is 3. The van der Waals surface area contributed by atoms with Gasteiger partial charge in [-0.05, 0) is 42.5 Å². The summed E-state index contributed by atoms with van der Waals surface area (Å²) in [6.45, 7) is 0. The van der Waals surface area contributed by atoms with Crippen LogP contribution in [-0.2, 0) is 0 Å². The summed E-state index contributed by atoms with van der Waals surface area (Å²) < 4.78 is 4.39. The van der Waals surface area contributed by atoms with Gasteiger partial charge in [0.05, 0.1) is 34.8 Å². The standard InChI is InChI=1S/C27H17N5/c1-3-11-24-20(9-1)22-15-23-21-10-2-4-12-25(21)32(19-8-6-14-29-17-19)27(23)30-26(22)31(24)18-7-5-13-28-16-18/h1-17H. The van der Waals surface area contributed by atoms with E-state index in [1.54, 1.807) is 12.4 Å². The minimum Gasteiger partial charge on any atom is -0.292 e. The van der Waals surface area contributed by atoms with Crippen molar-refractivity contribution in [1.82, 2.24) is 24.1 Å². The maximum atomic E-state index is 5.28. The van der Waals surface area contributed by atoms with Gasteiger partial charge in [-0.2, -0.15) is 0 Å². The molecule has 5 heteroatoms. The number of para-hydroxylation sites is 2. The topological polar surface area (TPSA) is 48.5 Å². The molecular weight excluding hydrogens is 394 g/mol. The minimum atomic E-state index is 0.916. The van der Waals surface area contributed by atoms with E-state index in [0.29, 0.717) is 0 Å². The van der Waals surface area contributed by atoms with Gasteiger partial charge in [-0.25, -0.2) is 4.98 Å². The van der Waals surface area contributed by atoms with Crippen LogP contribution in [0.15, 0.2) is 104 Å². The Labute approximate surface area is 183 Å². The fraction of sp³-hybridized carbons (Fsp3) is 0. The van der Waals surface area contributed by atoms with Gasteiger partial charge in [-0.3, -0.25) is 19.1 Å². The third-order valence-electron chi connectivity index (χ3n) is 6.08. The molecule has 0 spiro atoms. The van der Waals surface area contributed by atoms with Gasteiger partial charge in [-0.1, -0.05) is 36.4 Å². The Balaban J connectivity index is 1.71. The van der Waals surface area contributed by atoms with Crippen LogP contribution >= 0.6 is 0 Å². The van der Waals surface area contributed by atoms with E-state index in [2.05, 4.69) is 85.8 Å². The maximum absolute atomic E-state index is 5.28. The molecule has 32 heavy (non-hydrogen) atoms. The Morgan fingerprint density at radius 1 is 0.500 bits per heavy atom. The van der Waals surface area contributed by atoms with E-state index in [4.69, 9.17) is 4.98 Å². The number of pyridine rings is 3. The first-order chi connectivity index (χ1) is 15.9. The lowest BCUT2D eigenvalue weighted by Gasteiger charge is -2.08. The fourth-order valence-electron chi connectivity index (χ4n) is 4.75. The summed E-state index contributed by atoms with van der Waals surface area (Å²) in [4.78, 5) is 14.0. The van der Waals surface area contributed by atoms with Crippen molar-refractivity contribution < 1.29 is 0 Å². The van der Waals surface area contributed by atoms with E-state index >= 15 is 0 Å². The lowest BCUT2D eigenvalue weighted by molar-refractivity contribution is 1.08. The van der Waals surface area contributed by atoms with Gasteiger partial charge >= 0.3 is 0 Å². The summed E-state index contributed by atoms with van der Waals surface area (Å²) in [5, 5.41) is 4.62. The Morgan fingerprint density at radius 2 is 1.00 bits per heavy atom. The fourth-order valence-corrected chi connectivity index (χ4v) is 4.75. The maximum Gasteiger partial charge on any atom is 0.148 e. The lowest BCUT2D eigenvalue weighted by atomic mass is 10.1. The van der Waals surface area contributed by atoms with Crippen LogP contribution in [0.4, 0.5) is 0 Å². The molecule has 0 radical (unpaired) electrons. The summed E-state index contributed by atoms with van der Waals surface area (Å²) in [6, 6.07) is 27.3.